The maximum absolute atomic E-state index is 9.61. The van der Waals surface area contributed by atoms with Crippen molar-refractivity contribution in [3.05, 3.63) is 0 Å². The monoisotopic (exact) mass is 85.1 g/mol. The molecule has 0 aromatic rings. The van der Waals surface area contributed by atoms with Gasteiger partial charge in [0.2, 0.25) is 6.29 Å². The van der Waals surface area contributed by atoms with E-state index in [0.717, 1.165) is 6.42 Å². The molecule has 0 aromatic heterocycles. The maximum atomic E-state index is 9.61. The van der Waals surface area contributed by atoms with Gasteiger partial charge in [0.1, 0.15) is 0 Å². The maximum Gasteiger partial charge on any atom is 0.201 e. The summed E-state index contributed by atoms with van der Waals surface area (Å²) in [6.45, 7) is 3.82. The molecule has 0 fully saturated rings. The fourth-order valence-electron chi connectivity index (χ4n) is 0.0833. The molecule has 0 spiro atoms. The van der Waals surface area contributed by atoms with Crippen molar-refractivity contribution in [3.63, 3.8) is 0 Å². The van der Waals surface area contributed by atoms with Crippen molar-refractivity contribution in [1.82, 2.24) is 0 Å². The van der Waals surface area contributed by atoms with Crippen molar-refractivity contribution in [2.45, 2.75) is 20.3 Å². The molecule has 0 saturated carbocycles. The van der Waals surface area contributed by atoms with Crippen LogP contribution in [0.25, 0.3) is 0 Å². The van der Waals surface area contributed by atoms with E-state index in [1.54, 1.807) is 0 Å². The van der Waals surface area contributed by atoms with Crippen LogP contribution < -0.4 is 0 Å². The van der Waals surface area contributed by atoms with Gasteiger partial charge in [-0.25, -0.2) is 0 Å². The molecule has 0 rings (SSSR count). The predicted octanol–water partition coefficient (Wildman–Crippen LogP) is 1.14. The Labute approximate surface area is 38.4 Å². The molecular weight excluding hydrogens is 76.1 g/mol. The Morgan fingerprint density at radius 1 is 1.83 bits per heavy atom. The van der Waals surface area contributed by atoms with E-state index in [1.165, 1.54) is 0 Å². The normalized spacial score (nSPS) is 13.7. The summed E-state index contributed by atoms with van der Waals surface area (Å²) in [6.07, 6.45) is 2.77. The standard InChI is InChI=1S/C5H9O/c1-3-5(2)4-6/h5H,3H2,1-2H3/t5-/m0/s1. The summed E-state index contributed by atoms with van der Waals surface area (Å²) in [7, 11) is 0. The molecule has 1 radical (unpaired) electrons. The van der Waals surface area contributed by atoms with Gasteiger partial charge in [0.05, 0.1) is 0 Å². The fourth-order valence-corrected chi connectivity index (χ4v) is 0.0833. The predicted molar refractivity (Wildman–Crippen MR) is 25.1 cm³/mol. The summed E-state index contributed by atoms with van der Waals surface area (Å²) in [5.41, 5.74) is 0. The Kier molecular flexibility index (Phi) is 2.73. The van der Waals surface area contributed by atoms with Crippen molar-refractivity contribution < 1.29 is 4.79 Å². The molecule has 1 atom stereocenters. The lowest BCUT2D eigenvalue weighted by Gasteiger charge is -1.88. The first-order chi connectivity index (χ1) is 2.81. The van der Waals surface area contributed by atoms with Crippen LogP contribution in [0.15, 0.2) is 0 Å². The molecule has 0 amide bonds. The van der Waals surface area contributed by atoms with E-state index in [2.05, 4.69) is 0 Å². The van der Waals surface area contributed by atoms with Gasteiger partial charge in [-0.3, -0.25) is 4.79 Å². The Hall–Kier alpha value is -0.330. The lowest BCUT2D eigenvalue weighted by Crippen LogP contribution is -1.89. The number of hydrogen-bond acceptors (Lipinski definition) is 1. The minimum atomic E-state index is 0.130. The van der Waals surface area contributed by atoms with Gasteiger partial charge < -0.3 is 0 Å². The van der Waals surface area contributed by atoms with Gasteiger partial charge in [0.25, 0.3) is 0 Å². The zero-order chi connectivity index (χ0) is 4.99. The van der Waals surface area contributed by atoms with E-state index >= 15 is 0 Å². The van der Waals surface area contributed by atoms with Crippen LogP contribution in [0.1, 0.15) is 20.3 Å². The van der Waals surface area contributed by atoms with E-state index in [4.69, 9.17) is 0 Å². The van der Waals surface area contributed by atoms with Crippen molar-refractivity contribution in [1.29, 1.82) is 0 Å². The van der Waals surface area contributed by atoms with Gasteiger partial charge in [0.15, 0.2) is 0 Å². The van der Waals surface area contributed by atoms with Crippen LogP contribution >= 0.6 is 0 Å². The minimum absolute atomic E-state index is 0.130. The van der Waals surface area contributed by atoms with Crippen molar-refractivity contribution in [2.75, 3.05) is 0 Å². The molecular formula is C5H9O. The van der Waals surface area contributed by atoms with E-state index in [-0.39, 0.29) is 5.92 Å². The Bertz CT molecular complexity index is 41.2. The zero-order valence-corrected chi connectivity index (χ0v) is 4.19. The molecule has 0 aliphatic rings. The Morgan fingerprint density at radius 2 is 2.33 bits per heavy atom. The van der Waals surface area contributed by atoms with Crippen molar-refractivity contribution >= 4 is 6.29 Å². The smallest absolute Gasteiger partial charge is 0.201 e. The Morgan fingerprint density at radius 3 is 2.33 bits per heavy atom. The highest BCUT2D eigenvalue weighted by molar-refractivity contribution is 5.53. The molecule has 1 heteroatoms. The average Bonchev–Trinajstić information content (AvgIpc) is 1.65. The lowest BCUT2D eigenvalue weighted by atomic mass is 10.2. The van der Waals surface area contributed by atoms with Gasteiger partial charge in [-0.1, -0.05) is 13.8 Å². The molecule has 0 unspecified atom stereocenters. The Balaban J connectivity index is 2.96. The van der Waals surface area contributed by atoms with Crippen LogP contribution in [0.5, 0.6) is 0 Å². The van der Waals surface area contributed by atoms with Crippen LogP contribution in [0.4, 0.5) is 0 Å². The molecule has 35 valence electrons. The number of carbonyl (C=O) groups excluding carboxylic acids is 1. The van der Waals surface area contributed by atoms with Crippen LogP contribution in [-0.4, -0.2) is 6.29 Å². The highest BCUT2D eigenvalue weighted by atomic mass is 16.1. The zero-order valence-electron chi connectivity index (χ0n) is 4.19. The number of hydrogen-bond donors (Lipinski definition) is 0. The van der Waals surface area contributed by atoms with Crippen molar-refractivity contribution in [3.8, 4) is 0 Å². The molecule has 0 heterocycles. The van der Waals surface area contributed by atoms with Crippen molar-refractivity contribution in [2.24, 2.45) is 5.92 Å². The largest absolute Gasteiger partial charge is 0.291 e. The fraction of sp³-hybridized carbons (Fsp3) is 0.800. The van der Waals surface area contributed by atoms with E-state index < -0.39 is 0 Å². The molecule has 0 aliphatic carbocycles. The second-order valence-electron chi connectivity index (χ2n) is 1.43. The van der Waals surface area contributed by atoms with Gasteiger partial charge in [-0.05, 0) is 6.42 Å². The third-order valence-electron chi connectivity index (χ3n) is 0.814. The summed E-state index contributed by atoms with van der Waals surface area (Å²) >= 11 is 0. The highest BCUT2D eigenvalue weighted by Gasteiger charge is 1.91. The van der Waals surface area contributed by atoms with Gasteiger partial charge in [0, 0.05) is 5.92 Å². The molecule has 0 bridgehead atoms. The second-order valence-corrected chi connectivity index (χ2v) is 1.43. The van der Waals surface area contributed by atoms with Gasteiger partial charge in [-0.2, -0.15) is 0 Å². The third kappa shape index (κ3) is 1.94. The lowest BCUT2D eigenvalue weighted by molar-refractivity contribution is 0.525. The number of rotatable bonds is 2. The summed E-state index contributed by atoms with van der Waals surface area (Å²) in [6, 6.07) is 0. The van der Waals surface area contributed by atoms with E-state index in [0.29, 0.717) is 0 Å². The second kappa shape index (κ2) is 2.88. The van der Waals surface area contributed by atoms with E-state index in [9.17, 15) is 4.79 Å². The molecule has 0 aliphatic heterocycles. The van der Waals surface area contributed by atoms with Crippen LogP contribution in [-0.2, 0) is 4.79 Å². The first-order valence-electron chi connectivity index (χ1n) is 2.19. The quantitative estimate of drug-likeness (QED) is 0.491. The third-order valence-corrected chi connectivity index (χ3v) is 0.814. The molecule has 0 N–H and O–H groups in total. The summed E-state index contributed by atoms with van der Waals surface area (Å²) in [4.78, 5) is 9.61. The molecule has 1 nitrogen and oxygen atoms in total. The summed E-state index contributed by atoms with van der Waals surface area (Å²) in [5.74, 6) is 0.130. The van der Waals surface area contributed by atoms with Gasteiger partial charge >= 0.3 is 0 Å². The summed E-state index contributed by atoms with van der Waals surface area (Å²) in [5, 5.41) is 0. The van der Waals surface area contributed by atoms with Crippen LogP contribution in [0.3, 0.4) is 0 Å². The minimum Gasteiger partial charge on any atom is -0.291 e. The topological polar surface area (TPSA) is 17.1 Å². The summed E-state index contributed by atoms with van der Waals surface area (Å²) < 4.78 is 0. The average molecular weight is 85.1 g/mol. The van der Waals surface area contributed by atoms with Crippen LogP contribution in [0, 0.1) is 5.92 Å². The van der Waals surface area contributed by atoms with E-state index in [1.807, 2.05) is 20.1 Å². The highest BCUT2D eigenvalue weighted by Crippen LogP contribution is 1.91. The molecule has 0 saturated heterocycles. The first-order valence-corrected chi connectivity index (χ1v) is 2.19. The first kappa shape index (κ1) is 5.67. The SMILES string of the molecule is CC[C@H](C)[C]=O. The van der Waals surface area contributed by atoms with Gasteiger partial charge in [-0.15, -0.1) is 0 Å². The molecule has 6 heavy (non-hydrogen) atoms. The molecule has 0 aromatic carbocycles. The van der Waals surface area contributed by atoms with Crippen LogP contribution in [0.2, 0.25) is 0 Å².